The van der Waals surface area contributed by atoms with E-state index in [0.717, 1.165) is 35.6 Å². The number of hydrogen-bond donors (Lipinski definition) is 0. The van der Waals surface area contributed by atoms with Crippen LogP contribution in [0.2, 0.25) is 0 Å². The minimum absolute atomic E-state index is 0.0483. The molecule has 0 unspecified atom stereocenters. The Morgan fingerprint density at radius 1 is 1.08 bits per heavy atom. The summed E-state index contributed by atoms with van der Waals surface area (Å²) >= 11 is 0. The molecule has 25 heavy (non-hydrogen) atoms. The standard InChI is InChI=1S/C20H23NO4/c1-23-16-13-18-17(19(14-16)24-2)9-6-11-21(18)20(22)10-12-25-15-7-4-3-5-8-15/h3-5,7-8,13-14H,6,9-12H2,1-2H3. The first-order valence-electron chi connectivity index (χ1n) is 8.46. The van der Waals surface area contributed by atoms with Gasteiger partial charge in [-0.3, -0.25) is 4.79 Å². The maximum absolute atomic E-state index is 12.7. The molecule has 1 heterocycles. The van der Waals surface area contributed by atoms with E-state index >= 15 is 0 Å². The highest BCUT2D eigenvalue weighted by atomic mass is 16.5. The van der Waals surface area contributed by atoms with Crippen LogP contribution in [0.25, 0.3) is 0 Å². The molecule has 0 fully saturated rings. The Balaban J connectivity index is 1.72. The predicted molar refractivity (Wildman–Crippen MR) is 96.8 cm³/mol. The molecular weight excluding hydrogens is 318 g/mol. The van der Waals surface area contributed by atoms with Crippen molar-refractivity contribution in [1.82, 2.24) is 0 Å². The van der Waals surface area contributed by atoms with Gasteiger partial charge in [0.15, 0.2) is 0 Å². The minimum Gasteiger partial charge on any atom is -0.497 e. The van der Waals surface area contributed by atoms with Gasteiger partial charge in [-0.05, 0) is 25.0 Å². The monoisotopic (exact) mass is 341 g/mol. The number of para-hydroxylation sites is 1. The number of fused-ring (bicyclic) bond motifs is 1. The molecule has 0 radical (unpaired) electrons. The fourth-order valence-corrected chi connectivity index (χ4v) is 3.10. The van der Waals surface area contributed by atoms with E-state index in [-0.39, 0.29) is 5.91 Å². The van der Waals surface area contributed by atoms with E-state index in [1.54, 1.807) is 14.2 Å². The molecule has 0 saturated heterocycles. The van der Waals surface area contributed by atoms with Crippen molar-refractivity contribution in [3.8, 4) is 17.2 Å². The summed E-state index contributed by atoms with van der Waals surface area (Å²) in [6.07, 6.45) is 2.14. The number of hydrogen-bond acceptors (Lipinski definition) is 4. The molecule has 0 atom stereocenters. The third-order valence-electron chi connectivity index (χ3n) is 4.34. The number of nitrogens with zero attached hydrogens (tertiary/aromatic N) is 1. The molecule has 0 aromatic heterocycles. The van der Waals surface area contributed by atoms with Gasteiger partial charge in [0.2, 0.25) is 5.91 Å². The van der Waals surface area contributed by atoms with Crippen molar-refractivity contribution in [3.05, 3.63) is 48.0 Å². The molecule has 2 aromatic rings. The lowest BCUT2D eigenvalue weighted by molar-refractivity contribution is -0.119. The molecular formula is C20H23NO4. The zero-order chi connectivity index (χ0) is 17.6. The molecule has 3 rings (SSSR count). The summed E-state index contributed by atoms with van der Waals surface area (Å²) in [5.41, 5.74) is 1.94. The van der Waals surface area contributed by atoms with E-state index in [4.69, 9.17) is 14.2 Å². The average Bonchev–Trinajstić information content (AvgIpc) is 2.67. The van der Waals surface area contributed by atoms with Gasteiger partial charge >= 0.3 is 0 Å². The van der Waals surface area contributed by atoms with Crippen LogP contribution in [0.1, 0.15) is 18.4 Å². The zero-order valence-corrected chi connectivity index (χ0v) is 14.7. The van der Waals surface area contributed by atoms with E-state index in [0.29, 0.717) is 25.3 Å². The molecule has 0 spiro atoms. The molecule has 1 amide bonds. The van der Waals surface area contributed by atoms with Gasteiger partial charge in [0.25, 0.3) is 0 Å². The highest BCUT2D eigenvalue weighted by Crippen LogP contribution is 2.38. The first kappa shape index (κ1) is 17.1. The van der Waals surface area contributed by atoms with Crippen LogP contribution in [0.5, 0.6) is 17.2 Å². The summed E-state index contributed by atoms with van der Waals surface area (Å²) < 4.78 is 16.5. The molecule has 0 saturated carbocycles. The second-order valence-electron chi connectivity index (χ2n) is 5.89. The first-order chi connectivity index (χ1) is 12.2. The third kappa shape index (κ3) is 3.87. The number of rotatable bonds is 6. The van der Waals surface area contributed by atoms with E-state index in [9.17, 15) is 4.79 Å². The summed E-state index contributed by atoms with van der Waals surface area (Å²) in [6.45, 7) is 1.06. The van der Waals surface area contributed by atoms with Crippen LogP contribution in [-0.4, -0.2) is 33.3 Å². The number of methoxy groups -OCH3 is 2. The van der Waals surface area contributed by atoms with Crippen LogP contribution < -0.4 is 19.1 Å². The molecule has 1 aliphatic rings. The Labute approximate surface area is 148 Å². The highest BCUT2D eigenvalue weighted by Gasteiger charge is 2.25. The average molecular weight is 341 g/mol. The SMILES string of the molecule is COc1cc(OC)c2c(c1)N(C(=O)CCOc1ccccc1)CCC2. The number of ether oxygens (including phenoxy) is 3. The van der Waals surface area contributed by atoms with Crippen molar-refractivity contribution in [2.45, 2.75) is 19.3 Å². The molecule has 5 nitrogen and oxygen atoms in total. The molecule has 0 aliphatic carbocycles. The second-order valence-corrected chi connectivity index (χ2v) is 5.89. The maximum Gasteiger partial charge on any atom is 0.230 e. The topological polar surface area (TPSA) is 48.0 Å². The fourth-order valence-electron chi connectivity index (χ4n) is 3.10. The van der Waals surface area contributed by atoms with E-state index in [1.165, 1.54) is 0 Å². The van der Waals surface area contributed by atoms with Crippen molar-refractivity contribution in [2.75, 3.05) is 32.3 Å². The van der Waals surface area contributed by atoms with Crippen LogP contribution in [0.4, 0.5) is 5.69 Å². The number of anilines is 1. The predicted octanol–water partition coefficient (Wildman–Crippen LogP) is 3.45. The van der Waals surface area contributed by atoms with E-state index in [1.807, 2.05) is 47.4 Å². The smallest absolute Gasteiger partial charge is 0.230 e. The minimum atomic E-state index is 0.0483. The van der Waals surface area contributed by atoms with Crippen molar-refractivity contribution in [2.24, 2.45) is 0 Å². The molecule has 5 heteroatoms. The number of amides is 1. The van der Waals surface area contributed by atoms with Crippen LogP contribution >= 0.6 is 0 Å². The molecule has 1 aliphatic heterocycles. The van der Waals surface area contributed by atoms with Gasteiger partial charge in [-0.1, -0.05) is 18.2 Å². The molecule has 132 valence electrons. The summed E-state index contributed by atoms with van der Waals surface area (Å²) in [6, 6.07) is 13.3. The van der Waals surface area contributed by atoms with Gasteiger partial charge in [-0.25, -0.2) is 0 Å². The summed E-state index contributed by atoms with van der Waals surface area (Å²) in [7, 11) is 3.26. The van der Waals surface area contributed by atoms with E-state index in [2.05, 4.69) is 0 Å². The van der Waals surface area contributed by atoms with Crippen molar-refractivity contribution in [1.29, 1.82) is 0 Å². The fraction of sp³-hybridized carbons (Fsp3) is 0.350. The molecule has 2 aromatic carbocycles. The van der Waals surface area contributed by atoms with Crippen LogP contribution in [0.15, 0.2) is 42.5 Å². The van der Waals surface area contributed by atoms with Gasteiger partial charge in [-0.15, -0.1) is 0 Å². The van der Waals surface area contributed by atoms with Crippen LogP contribution in [-0.2, 0) is 11.2 Å². The van der Waals surface area contributed by atoms with Gasteiger partial charge in [-0.2, -0.15) is 0 Å². The zero-order valence-electron chi connectivity index (χ0n) is 14.7. The lowest BCUT2D eigenvalue weighted by Crippen LogP contribution is -2.36. The number of carbonyl (C=O) groups excluding carboxylic acids is 1. The van der Waals surface area contributed by atoms with Gasteiger partial charge in [0, 0.05) is 24.2 Å². The molecule has 0 N–H and O–H groups in total. The van der Waals surface area contributed by atoms with Gasteiger partial charge < -0.3 is 19.1 Å². The van der Waals surface area contributed by atoms with Crippen molar-refractivity contribution in [3.63, 3.8) is 0 Å². The second kappa shape index (κ2) is 7.92. The summed E-state index contributed by atoms with van der Waals surface area (Å²) in [5.74, 6) is 2.29. The quantitative estimate of drug-likeness (QED) is 0.807. The third-order valence-corrected chi connectivity index (χ3v) is 4.34. The van der Waals surface area contributed by atoms with E-state index < -0.39 is 0 Å². The summed E-state index contributed by atoms with van der Waals surface area (Å²) in [5, 5.41) is 0. The van der Waals surface area contributed by atoms with Gasteiger partial charge in [0.05, 0.1) is 32.9 Å². The normalized spacial score (nSPS) is 13.1. The molecule has 0 bridgehead atoms. The van der Waals surface area contributed by atoms with Crippen LogP contribution in [0, 0.1) is 0 Å². The summed E-state index contributed by atoms with van der Waals surface area (Å²) in [4.78, 5) is 14.5. The Morgan fingerprint density at radius 2 is 1.88 bits per heavy atom. The maximum atomic E-state index is 12.7. The van der Waals surface area contributed by atoms with Crippen LogP contribution in [0.3, 0.4) is 0 Å². The Morgan fingerprint density at radius 3 is 2.60 bits per heavy atom. The first-order valence-corrected chi connectivity index (χ1v) is 8.46. The van der Waals surface area contributed by atoms with Gasteiger partial charge in [0.1, 0.15) is 17.2 Å². The highest BCUT2D eigenvalue weighted by molar-refractivity contribution is 5.95. The lowest BCUT2D eigenvalue weighted by Gasteiger charge is -2.31. The largest absolute Gasteiger partial charge is 0.497 e. The van der Waals surface area contributed by atoms with Crippen molar-refractivity contribution < 1.29 is 19.0 Å². The Kier molecular flexibility index (Phi) is 5.43. The van der Waals surface area contributed by atoms with Crippen molar-refractivity contribution >= 4 is 11.6 Å². The number of benzene rings is 2. The lowest BCUT2D eigenvalue weighted by atomic mass is 9.99. The number of carbonyl (C=O) groups is 1. The Bertz CT molecular complexity index is 730. The Hall–Kier alpha value is -2.69.